The molecule has 1 aromatic heterocycles. The Morgan fingerprint density at radius 3 is 2.80 bits per heavy atom. The van der Waals surface area contributed by atoms with Gasteiger partial charge in [0.25, 0.3) is 0 Å². The molecule has 1 aromatic rings. The second-order valence-electron chi connectivity index (χ2n) is 3.97. The molecule has 1 rings (SSSR count). The lowest BCUT2D eigenvalue weighted by molar-refractivity contribution is -0.0398. The molecule has 0 radical (unpaired) electrons. The van der Waals surface area contributed by atoms with E-state index < -0.39 is 5.60 Å². The molecule has 0 aliphatic carbocycles. The zero-order valence-corrected chi connectivity index (χ0v) is 9.73. The molecule has 0 aliphatic rings. The van der Waals surface area contributed by atoms with Crippen LogP contribution < -0.4 is 0 Å². The van der Waals surface area contributed by atoms with Crippen LogP contribution in [0.4, 0.5) is 0 Å². The highest BCUT2D eigenvalue weighted by Gasteiger charge is 2.24. The lowest BCUT2D eigenvalue weighted by Gasteiger charge is -2.25. The summed E-state index contributed by atoms with van der Waals surface area (Å²) in [6, 6.07) is 0. The normalized spacial score (nSPS) is 15.2. The maximum Gasteiger partial charge on any atom is 0.108 e. The molecule has 0 aromatic carbocycles. The minimum Gasteiger partial charge on any atom is -0.387 e. The first-order valence-corrected chi connectivity index (χ1v) is 5.29. The van der Waals surface area contributed by atoms with Crippen LogP contribution in [0.1, 0.15) is 25.6 Å². The van der Waals surface area contributed by atoms with E-state index in [1.165, 1.54) is 0 Å². The molecule has 4 heteroatoms. The van der Waals surface area contributed by atoms with Gasteiger partial charge >= 0.3 is 0 Å². The van der Waals surface area contributed by atoms with Crippen LogP contribution in [0.5, 0.6) is 0 Å². The Hall–Kier alpha value is -0.870. The predicted octanol–water partition coefficient (Wildman–Crippen LogP) is 1.14. The van der Waals surface area contributed by atoms with Gasteiger partial charge in [-0.05, 0) is 12.8 Å². The Balaban J connectivity index is 2.51. The first kappa shape index (κ1) is 12.2. The van der Waals surface area contributed by atoms with Crippen LogP contribution in [0, 0.1) is 0 Å². The number of aromatic nitrogens is 2. The molecule has 0 saturated carbocycles. The Kier molecular flexibility index (Phi) is 4.29. The average Bonchev–Trinajstić information content (AvgIpc) is 2.62. The number of hydrogen-bond donors (Lipinski definition) is 1. The van der Waals surface area contributed by atoms with Gasteiger partial charge in [0.1, 0.15) is 5.82 Å². The van der Waals surface area contributed by atoms with Gasteiger partial charge in [0.05, 0.1) is 12.2 Å². The smallest absolute Gasteiger partial charge is 0.108 e. The van der Waals surface area contributed by atoms with Crippen molar-refractivity contribution in [1.29, 1.82) is 0 Å². The van der Waals surface area contributed by atoms with Crippen molar-refractivity contribution in [3.05, 3.63) is 18.2 Å². The predicted molar refractivity (Wildman–Crippen MR) is 58.6 cm³/mol. The van der Waals surface area contributed by atoms with Crippen molar-refractivity contribution in [1.82, 2.24) is 9.55 Å². The largest absolute Gasteiger partial charge is 0.387 e. The van der Waals surface area contributed by atoms with E-state index in [0.29, 0.717) is 19.4 Å². The van der Waals surface area contributed by atoms with Crippen LogP contribution in [-0.4, -0.2) is 34.0 Å². The van der Waals surface area contributed by atoms with Gasteiger partial charge in [0.2, 0.25) is 0 Å². The molecule has 15 heavy (non-hydrogen) atoms. The van der Waals surface area contributed by atoms with Crippen molar-refractivity contribution < 1.29 is 9.84 Å². The quantitative estimate of drug-likeness (QED) is 0.769. The zero-order valence-electron chi connectivity index (χ0n) is 9.73. The summed E-state index contributed by atoms with van der Waals surface area (Å²) in [4.78, 5) is 4.22. The molecule has 4 nitrogen and oxygen atoms in total. The highest BCUT2D eigenvalue weighted by molar-refractivity contribution is 4.93. The van der Waals surface area contributed by atoms with Crippen LogP contribution in [0.25, 0.3) is 0 Å². The monoisotopic (exact) mass is 212 g/mol. The van der Waals surface area contributed by atoms with Crippen molar-refractivity contribution in [2.45, 2.75) is 31.8 Å². The summed E-state index contributed by atoms with van der Waals surface area (Å²) < 4.78 is 7.00. The summed E-state index contributed by atoms with van der Waals surface area (Å²) in [6.07, 6.45) is 5.85. The minimum atomic E-state index is -0.722. The number of aliphatic hydroxyl groups is 1. The summed E-state index contributed by atoms with van der Waals surface area (Å²) >= 11 is 0. The van der Waals surface area contributed by atoms with E-state index in [2.05, 4.69) is 4.98 Å². The summed E-state index contributed by atoms with van der Waals surface area (Å²) in [5, 5.41) is 10.1. The van der Waals surface area contributed by atoms with Crippen molar-refractivity contribution >= 4 is 0 Å². The molecule has 0 aliphatic heterocycles. The Morgan fingerprint density at radius 1 is 1.60 bits per heavy atom. The van der Waals surface area contributed by atoms with Gasteiger partial charge in [-0.3, -0.25) is 0 Å². The highest BCUT2D eigenvalue weighted by Crippen LogP contribution is 2.17. The van der Waals surface area contributed by atoms with E-state index in [1.807, 2.05) is 24.7 Å². The summed E-state index contributed by atoms with van der Waals surface area (Å²) in [7, 11) is 3.57. The molecule has 0 amide bonds. The number of ether oxygens (including phenoxy) is 1. The molecule has 86 valence electrons. The molecule has 1 atom stereocenters. The van der Waals surface area contributed by atoms with Gasteiger partial charge in [0, 0.05) is 33.0 Å². The second kappa shape index (κ2) is 5.28. The fourth-order valence-electron chi connectivity index (χ4n) is 1.60. The van der Waals surface area contributed by atoms with Gasteiger partial charge in [0.15, 0.2) is 0 Å². The van der Waals surface area contributed by atoms with Gasteiger partial charge in [-0.25, -0.2) is 4.98 Å². The first-order valence-electron chi connectivity index (χ1n) is 5.29. The van der Waals surface area contributed by atoms with E-state index in [0.717, 1.165) is 12.2 Å². The fourth-order valence-corrected chi connectivity index (χ4v) is 1.60. The van der Waals surface area contributed by atoms with Crippen LogP contribution >= 0.6 is 0 Å². The number of rotatable bonds is 6. The number of methoxy groups -OCH3 is 1. The zero-order chi connectivity index (χ0) is 11.3. The first-order chi connectivity index (χ1) is 7.11. The number of nitrogens with zero attached hydrogens (tertiary/aromatic N) is 2. The van der Waals surface area contributed by atoms with E-state index in [4.69, 9.17) is 4.74 Å². The number of aryl methyl sites for hydroxylation is 2. The average molecular weight is 212 g/mol. The third kappa shape index (κ3) is 3.32. The standard InChI is InChI=1S/C11H20N2O2/c1-4-11(14,9-15-3)6-5-10-12-7-8-13(10)2/h7-8,14H,4-6,9H2,1-3H3. The molecule has 0 saturated heterocycles. The Bertz CT molecular complexity index is 299. The summed E-state index contributed by atoms with van der Waals surface area (Å²) in [6.45, 7) is 2.35. The van der Waals surface area contributed by atoms with Crippen molar-refractivity contribution in [3.8, 4) is 0 Å². The topological polar surface area (TPSA) is 47.3 Å². The highest BCUT2D eigenvalue weighted by atomic mass is 16.5. The molecular weight excluding hydrogens is 192 g/mol. The van der Waals surface area contributed by atoms with Gasteiger partial charge in [-0.15, -0.1) is 0 Å². The SMILES string of the molecule is CCC(O)(CCc1nccn1C)COC. The molecule has 0 spiro atoms. The molecular formula is C11H20N2O2. The molecule has 1 unspecified atom stereocenters. The minimum absolute atomic E-state index is 0.383. The van der Waals surface area contributed by atoms with Crippen molar-refractivity contribution in [2.24, 2.45) is 7.05 Å². The maximum absolute atomic E-state index is 10.1. The van der Waals surface area contributed by atoms with Gasteiger partial charge < -0.3 is 14.4 Å². The van der Waals surface area contributed by atoms with Crippen molar-refractivity contribution in [3.63, 3.8) is 0 Å². The van der Waals surface area contributed by atoms with Crippen molar-refractivity contribution in [2.75, 3.05) is 13.7 Å². The van der Waals surface area contributed by atoms with Gasteiger partial charge in [-0.2, -0.15) is 0 Å². The van der Waals surface area contributed by atoms with Gasteiger partial charge in [-0.1, -0.05) is 6.92 Å². The fraction of sp³-hybridized carbons (Fsp3) is 0.727. The molecule has 1 N–H and O–H groups in total. The van der Waals surface area contributed by atoms with Crippen LogP contribution in [0.2, 0.25) is 0 Å². The summed E-state index contributed by atoms with van der Waals surface area (Å²) in [5.74, 6) is 0.998. The summed E-state index contributed by atoms with van der Waals surface area (Å²) in [5.41, 5.74) is -0.722. The lowest BCUT2D eigenvalue weighted by Crippen LogP contribution is -2.34. The maximum atomic E-state index is 10.1. The van der Waals surface area contributed by atoms with E-state index in [9.17, 15) is 5.11 Å². The van der Waals surface area contributed by atoms with Crippen LogP contribution in [0.3, 0.4) is 0 Å². The van der Waals surface area contributed by atoms with E-state index in [1.54, 1.807) is 13.3 Å². The van der Waals surface area contributed by atoms with E-state index >= 15 is 0 Å². The molecule has 0 bridgehead atoms. The van der Waals surface area contributed by atoms with Crippen LogP contribution in [0.15, 0.2) is 12.4 Å². The Labute approximate surface area is 90.9 Å². The van der Waals surface area contributed by atoms with E-state index in [-0.39, 0.29) is 0 Å². The third-order valence-electron chi connectivity index (χ3n) is 2.81. The molecule has 1 heterocycles. The molecule has 0 fully saturated rings. The number of hydrogen-bond acceptors (Lipinski definition) is 3. The Morgan fingerprint density at radius 2 is 2.33 bits per heavy atom. The lowest BCUT2D eigenvalue weighted by atomic mass is 9.95. The third-order valence-corrected chi connectivity index (χ3v) is 2.81. The second-order valence-corrected chi connectivity index (χ2v) is 3.97. The van der Waals surface area contributed by atoms with Crippen LogP contribution in [-0.2, 0) is 18.2 Å². The number of imidazole rings is 1.